The first kappa shape index (κ1) is 8.69. The van der Waals surface area contributed by atoms with Gasteiger partial charge >= 0.3 is 0 Å². The highest BCUT2D eigenvalue weighted by Crippen LogP contribution is 2.36. The lowest BCUT2D eigenvalue weighted by Gasteiger charge is -2.05. The molecule has 1 aromatic heterocycles. The van der Waals surface area contributed by atoms with Gasteiger partial charge in [-0.1, -0.05) is 6.92 Å². The molecule has 1 saturated carbocycles. The van der Waals surface area contributed by atoms with Crippen molar-refractivity contribution in [2.75, 3.05) is 0 Å². The predicted octanol–water partition coefficient (Wildman–Crippen LogP) is 1.06. The largest absolute Gasteiger partial charge is 0.388 e. The van der Waals surface area contributed by atoms with Crippen LogP contribution in [0.2, 0.25) is 0 Å². The maximum atomic E-state index is 9.05. The number of aliphatic hydroxyl groups excluding tert-OH is 1. The molecule has 4 heteroatoms. The Labute approximate surface area is 77.6 Å². The van der Waals surface area contributed by atoms with E-state index >= 15 is 0 Å². The van der Waals surface area contributed by atoms with Crippen molar-refractivity contribution in [3.63, 3.8) is 0 Å². The molecule has 0 spiro atoms. The molecule has 1 aromatic rings. The highest BCUT2D eigenvalue weighted by Gasteiger charge is 2.28. The van der Waals surface area contributed by atoms with Crippen molar-refractivity contribution in [1.82, 2.24) is 14.8 Å². The van der Waals surface area contributed by atoms with Crippen molar-refractivity contribution in [2.45, 2.75) is 45.3 Å². The first-order valence-corrected chi connectivity index (χ1v) is 4.90. The van der Waals surface area contributed by atoms with E-state index in [1.54, 1.807) is 0 Å². The van der Waals surface area contributed by atoms with Crippen LogP contribution in [-0.4, -0.2) is 19.9 Å². The first-order valence-electron chi connectivity index (χ1n) is 4.90. The van der Waals surface area contributed by atoms with E-state index in [0.29, 0.717) is 6.04 Å². The van der Waals surface area contributed by atoms with Crippen molar-refractivity contribution in [3.8, 4) is 0 Å². The zero-order valence-electron chi connectivity index (χ0n) is 7.90. The average molecular weight is 181 g/mol. The summed E-state index contributed by atoms with van der Waals surface area (Å²) in [7, 11) is 0. The fourth-order valence-corrected chi connectivity index (χ4v) is 1.62. The summed E-state index contributed by atoms with van der Waals surface area (Å²) < 4.78 is 2.11. The molecule has 1 aliphatic rings. The Morgan fingerprint density at radius 2 is 2.08 bits per heavy atom. The van der Waals surface area contributed by atoms with Gasteiger partial charge in [-0.05, 0) is 19.3 Å². The van der Waals surface area contributed by atoms with E-state index in [1.165, 1.54) is 12.8 Å². The van der Waals surface area contributed by atoms with Crippen LogP contribution in [0.4, 0.5) is 0 Å². The fraction of sp³-hybridized carbons (Fsp3) is 0.778. The molecule has 0 unspecified atom stereocenters. The van der Waals surface area contributed by atoms with Crippen LogP contribution in [0.3, 0.4) is 0 Å². The minimum absolute atomic E-state index is 0.00716. The summed E-state index contributed by atoms with van der Waals surface area (Å²) in [6.07, 6.45) is 4.46. The second-order valence-electron chi connectivity index (χ2n) is 3.54. The minimum atomic E-state index is 0.00716. The second-order valence-corrected chi connectivity index (χ2v) is 3.54. The number of aryl methyl sites for hydroxylation is 1. The summed E-state index contributed by atoms with van der Waals surface area (Å²) >= 11 is 0. The lowest BCUT2D eigenvalue weighted by Crippen LogP contribution is -2.05. The highest BCUT2D eigenvalue weighted by atomic mass is 16.3. The quantitative estimate of drug-likeness (QED) is 0.755. The summed E-state index contributed by atoms with van der Waals surface area (Å²) in [5.41, 5.74) is 0. The van der Waals surface area contributed by atoms with Crippen LogP contribution in [-0.2, 0) is 13.0 Å². The van der Waals surface area contributed by atoms with E-state index in [9.17, 15) is 0 Å². The first-order chi connectivity index (χ1) is 6.36. The molecular formula is C9H15N3O. The van der Waals surface area contributed by atoms with Crippen molar-refractivity contribution in [2.24, 2.45) is 0 Å². The summed E-state index contributed by atoms with van der Waals surface area (Å²) in [6.45, 7) is 2.14. The standard InChI is InChI=1S/C9H15N3O/c1-2-3-8-10-11-9(6-13)12(8)7-4-5-7/h7,13H,2-6H2,1H3. The number of hydrogen-bond donors (Lipinski definition) is 1. The van der Waals surface area contributed by atoms with Gasteiger partial charge in [0.05, 0.1) is 0 Å². The molecule has 0 radical (unpaired) electrons. The predicted molar refractivity (Wildman–Crippen MR) is 48.2 cm³/mol. The Morgan fingerprint density at radius 3 is 2.62 bits per heavy atom. The van der Waals surface area contributed by atoms with E-state index in [0.717, 1.165) is 24.5 Å². The van der Waals surface area contributed by atoms with Crippen molar-refractivity contribution in [1.29, 1.82) is 0 Å². The summed E-state index contributed by atoms with van der Waals surface area (Å²) in [6, 6.07) is 0.568. The highest BCUT2D eigenvalue weighted by molar-refractivity contribution is 5.02. The molecule has 0 atom stereocenters. The molecule has 4 nitrogen and oxygen atoms in total. The van der Waals surface area contributed by atoms with Gasteiger partial charge in [0.1, 0.15) is 12.4 Å². The molecule has 0 saturated heterocycles. The monoisotopic (exact) mass is 181 g/mol. The van der Waals surface area contributed by atoms with Crippen LogP contribution in [0.1, 0.15) is 43.9 Å². The number of nitrogens with zero attached hydrogens (tertiary/aromatic N) is 3. The number of hydrogen-bond acceptors (Lipinski definition) is 3. The Kier molecular flexibility index (Phi) is 2.31. The third-order valence-corrected chi connectivity index (χ3v) is 2.36. The maximum Gasteiger partial charge on any atom is 0.159 e. The zero-order valence-corrected chi connectivity index (χ0v) is 7.90. The Morgan fingerprint density at radius 1 is 1.38 bits per heavy atom. The van der Waals surface area contributed by atoms with Crippen LogP contribution >= 0.6 is 0 Å². The second kappa shape index (κ2) is 3.46. The smallest absolute Gasteiger partial charge is 0.159 e. The minimum Gasteiger partial charge on any atom is -0.388 e. The topological polar surface area (TPSA) is 50.9 Å². The van der Waals surface area contributed by atoms with E-state index in [4.69, 9.17) is 5.11 Å². The number of aliphatic hydroxyl groups is 1. The van der Waals surface area contributed by atoms with Gasteiger partial charge in [0.25, 0.3) is 0 Å². The summed E-state index contributed by atoms with van der Waals surface area (Å²) in [5.74, 6) is 1.76. The third kappa shape index (κ3) is 1.58. The van der Waals surface area contributed by atoms with Crippen LogP contribution < -0.4 is 0 Å². The van der Waals surface area contributed by atoms with E-state index in [1.807, 2.05) is 0 Å². The van der Waals surface area contributed by atoms with Crippen LogP contribution in [0.5, 0.6) is 0 Å². The maximum absolute atomic E-state index is 9.05. The van der Waals surface area contributed by atoms with Crippen molar-refractivity contribution >= 4 is 0 Å². The van der Waals surface area contributed by atoms with Crippen LogP contribution in [0, 0.1) is 0 Å². The molecule has 1 heterocycles. The van der Waals surface area contributed by atoms with Gasteiger partial charge in [0.15, 0.2) is 5.82 Å². The normalized spacial score (nSPS) is 16.5. The van der Waals surface area contributed by atoms with Gasteiger partial charge in [-0.25, -0.2) is 0 Å². The molecule has 1 N–H and O–H groups in total. The Bertz CT molecular complexity index is 291. The van der Waals surface area contributed by atoms with Gasteiger partial charge < -0.3 is 9.67 Å². The summed E-state index contributed by atoms with van der Waals surface area (Å²) in [5, 5.41) is 17.1. The fourth-order valence-electron chi connectivity index (χ4n) is 1.62. The molecule has 0 aliphatic heterocycles. The molecule has 0 bridgehead atoms. The Balaban J connectivity index is 2.27. The van der Waals surface area contributed by atoms with E-state index in [-0.39, 0.29) is 6.61 Å². The lowest BCUT2D eigenvalue weighted by atomic mass is 10.3. The Hall–Kier alpha value is -0.900. The van der Waals surface area contributed by atoms with E-state index in [2.05, 4.69) is 21.7 Å². The lowest BCUT2D eigenvalue weighted by molar-refractivity contribution is 0.264. The van der Waals surface area contributed by atoms with Crippen molar-refractivity contribution < 1.29 is 5.11 Å². The molecular weight excluding hydrogens is 166 g/mol. The zero-order chi connectivity index (χ0) is 9.26. The molecule has 1 fully saturated rings. The molecule has 2 rings (SSSR count). The molecule has 13 heavy (non-hydrogen) atoms. The van der Waals surface area contributed by atoms with Gasteiger partial charge in [-0.15, -0.1) is 10.2 Å². The molecule has 72 valence electrons. The molecule has 0 aromatic carbocycles. The van der Waals surface area contributed by atoms with Gasteiger partial charge in [0.2, 0.25) is 0 Å². The van der Waals surface area contributed by atoms with Gasteiger partial charge in [-0.2, -0.15) is 0 Å². The van der Waals surface area contributed by atoms with E-state index < -0.39 is 0 Å². The van der Waals surface area contributed by atoms with Crippen LogP contribution in [0.15, 0.2) is 0 Å². The van der Waals surface area contributed by atoms with Gasteiger partial charge in [0, 0.05) is 12.5 Å². The SMILES string of the molecule is CCCc1nnc(CO)n1C1CC1. The number of aromatic nitrogens is 3. The van der Waals surface area contributed by atoms with Gasteiger partial charge in [-0.3, -0.25) is 0 Å². The van der Waals surface area contributed by atoms with Crippen molar-refractivity contribution in [3.05, 3.63) is 11.6 Å². The van der Waals surface area contributed by atoms with Crippen LogP contribution in [0.25, 0.3) is 0 Å². The average Bonchev–Trinajstić information content (AvgIpc) is 2.89. The molecule has 1 aliphatic carbocycles. The number of rotatable bonds is 4. The third-order valence-electron chi connectivity index (χ3n) is 2.36. The summed E-state index contributed by atoms with van der Waals surface area (Å²) in [4.78, 5) is 0. The molecule has 0 amide bonds.